The van der Waals surface area contributed by atoms with Gasteiger partial charge >= 0.3 is 12.1 Å². The van der Waals surface area contributed by atoms with E-state index in [-0.39, 0.29) is 16.7 Å². The minimum atomic E-state index is -4.50. The van der Waals surface area contributed by atoms with Crippen LogP contribution in [0.3, 0.4) is 0 Å². The van der Waals surface area contributed by atoms with E-state index in [4.69, 9.17) is 0 Å². The molecule has 0 aliphatic carbocycles. The second-order valence-electron chi connectivity index (χ2n) is 4.65. The Bertz CT molecular complexity index is 869. The van der Waals surface area contributed by atoms with Gasteiger partial charge in [-0.1, -0.05) is 12.1 Å². The van der Waals surface area contributed by atoms with Gasteiger partial charge in [0.15, 0.2) is 0 Å². The van der Waals surface area contributed by atoms with Crippen molar-refractivity contribution in [1.82, 2.24) is 9.38 Å². The van der Waals surface area contributed by atoms with Crippen molar-refractivity contribution in [2.24, 2.45) is 0 Å². The number of rotatable bonds is 2. The summed E-state index contributed by atoms with van der Waals surface area (Å²) in [6, 6.07) is 5.89. The number of carboxylic acids is 1. The fraction of sp³-hybridized carbons (Fsp3) is 0.0667. The number of aromatic carboxylic acids is 1. The number of hydrogen-bond acceptors (Lipinski definition) is 2. The maximum atomic E-state index is 12.9. The molecule has 22 heavy (non-hydrogen) atoms. The predicted octanol–water partition coefficient (Wildman–Crippen LogP) is 3.72. The molecule has 0 aliphatic rings. The molecule has 0 aliphatic heterocycles. The summed E-state index contributed by atoms with van der Waals surface area (Å²) in [7, 11) is 0. The van der Waals surface area contributed by atoms with Crippen LogP contribution in [-0.2, 0) is 6.18 Å². The molecule has 0 atom stereocenters. The zero-order chi connectivity index (χ0) is 15.9. The zero-order valence-electron chi connectivity index (χ0n) is 11.0. The van der Waals surface area contributed by atoms with Crippen LogP contribution in [0, 0.1) is 0 Å². The highest BCUT2D eigenvalue weighted by atomic mass is 19.4. The van der Waals surface area contributed by atoms with Gasteiger partial charge in [-0.2, -0.15) is 13.2 Å². The van der Waals surface area contributed by atoms with Crippen molar-refractivity contribution in [1.29, 1.82) is 0 Å². The minimum absolute atomic E-state index is 0.0991. The van der Waals surface area contributed by atoms with Gasteiger partial charge in [0.1, 0.15) is 5.65 Å². The van der Waals surface area contributed by atoms with E-state index in [2.05, 4.69) is 4.98 Å². The average Bonchev–Trinajstić information content (AvgIpc) is 2.93. The van der Waals surface area contributed by atoms with Crippen molar-refractivity contribution >= 4 is 11.6 Å². The van der Waals surface area contributed by atoms with Gasteiger partial charge in [0, 0.05) is 24.2 Å². The largest absolute Gasteiger partial charge is 0.478 e. The molecule has 112 valence electrons. The number of aromatic nitrogens is 2. The maximum Gasteiger partial charge on any atom is 0.416 e. The van der Waals surface area contributed by atoms with Crippen LogP contribution in [-0.4, -0.2) is 20.5 Å². The predicted molar refractivity (Wildman–Crippen MR) is 72.6 cm³/mol. The van der Waals surface area contributed by atoms with Gasteiger partial charge in [-0.25, -0.2) is 9.78 Å². The van der Waals surface area contributed by atoms with E-state index in [1.54, 1.807) is 10.6 Å². The van der Waals surface area contributed by atoms with E-state index in [1.807, 2.05) is 0 Å². The number of nitrogens with zero attached hydrogens (tertiary/aromatic N) is 2. The van der Waals surface area contributed by atoms with E-state index < -0.39 is 17.7 Å². The van der Waals surface area contributed by atoms with Crippen LogP contribution < -0.4 is 0 Å². The van der Waals surface area contributed by atoms with Crippen LogP contribution in [0.15, 0.2) is 48.9 Å². The van der Waals surface area contributed by atoms with Gasteiger partial charge in [0.2, 0.25) is 0 Å². The molecule has 0 amide bonds. The average molecular weight is 306 g/mol. The van der Waals surface area contributed by atoms with Crippen molar-refractivity contribution in [3.8, 4) is 11.1 Å². The molecule has 7 heteroatoms. The number of carbonyl (C=O) groups is 1. The Kier molecular flexibility index (Phi) is 3.13. The van der Waals surface area contributed by atoms with E-state index in [0.29, 0.717) is 5.65 Å². The Morgan fingerprint density at radius 2 is 1.95 bits per heavy atom. The lowest BCUT2D eigenvalue weighted by Gasteiger charge is -2.11. The SMILES string of the molecule is O=C(O)c1ccn2ccnc2c1-c1cccc(C(F)(F)F)c1. The first kappa shape index (κ1) is 14.1. The Morgan fingerprint density at radius 1 is 1.18 bits per heavy atom. The third-order valence-corrected chi connectivity index (χ3v) is 3.27. The number of carboxylic acid groups (broad SMARTS) is 1. The van der Waals surface area contributed by atoms with Crippen molar-refractivity contribution < 1.29 is 23.1 Å². The summed E-state index contributed by atoms with van der Waals surface area (Å²) in [4.78, 5) is 15.4. The molecule has 0 spiro atoms. The van der Waals surface area contributed by atoms with E-state index in [0.717, 1.165) is 12.1 Å². The summed E-state index contributed by atoms with van der Waals surface area (Å²) in [5.74, 6) is -1.22. The Morgan fingerprint density at radius 3 is 2.64 bits per heavy atom. The van der Waals surface area contributed by atoms with Crippen LogP contribution in [0.4, 0.5) is 13.2 Å². The molecule has 2 heterocycles. The second-order valence-corrected chi connectivity index (χ2v) is 4.65. The Balaban J connectivity index is 2.31. The number of imidazole rings is 1. The van der Waals surface area contributed by atoms with Crippen LogP contribution in [0.2, 0.25) is 0 Å². The highest BCUT2D eigenvalue weighted by molar-refractivity contribution is 6.00. The van der Waals surface area contributed by atoms with Crippen molar-refractivity contribution in [3.05, 3.63) is 60.0 Å². The Hall–Kier alpha value is -2.83. The molecule has 0 unspecified atom stereocenters. The fourth-order valence-electron chi connectivity index (χ4n) is 2.30. The van der Waals surface area contributed by atoms with Gasteiger partial charge in [0.25, 0.3) is 0 Å². The molecular weight excluding hydrogens is 297 g/mol. The number of pyridine rings is 1. The summed E-state index contributed by atoms with van der Waals surface area (Å²) in [5, 5.41) is 9.29. The summed E-state index contributed by atoms with van der Waals surface area (Å²) in [6.07, 6.45) is 0.0545. The molecule has 0 bridgehead atoms. The van der Waals surface area contributed by atoms with E-state index >= 15 is 0 Å². The molecule has 3 rings (SSSR count). The number of alkyl halides is 3. The summed E-state index contributed by atoms with van der Waals surface area (Å²) in [6.45, 7) is 0. The minimum Gasteiger partial charge on any atom is -0.478 e. The van der Waals surface area contributed by atoms with Crippen molar-refractivity contribution in [2.45, 2.75) is 6.18 Å². The van der Waals surface area contributed by atoms with Gasteiger partial charge < -0.3 is 9.51 Å². The molecular formula is C15H9F3N2O2. The van der Waals surface area contributed by atoms with Crippen molar-refractivity contribution in [2.75, 3.05) is 0 Å². The monoisotopic (exact) mass is 306 g/mol. The molecule has 4 nitrogen and oxygen atoms in total. The summed E-state index contributed by atoms with van der Waals surface area (Å²) < 4.78 is 40.1. The molecule has 1 N–H and O–H groups in total. The fourth-order valence-corrected chi connectivity index (χ4v) is 2.30. The topological polar surface area (TPSA) is 54.6 Å². The highest BCUT2D eigenvalue weighted by Gasteiger charge is 2.31. The molecule has 1 aromatic carbocycles. The standard InChI is InChI=1S/C15H9F3N2O2/c16-15(17,18)10-3-1-2-9(8-10)12-11(14(21)22)4-6-20-7-5-19-13(12)20/h1-8H,(H,21,22). The smallest absolute Gasteiger partial charge is 0.416 e. The lowest BCUT2D eigenvalue weighted by molar-refractivity contribution is -0.137. The molecule has 0 fully saturated rings. The van der Waals surface area contributed by atoms with Crippen molar-refractivity contribution in [3.63, 3.8) is 0 Å². The number of halogens is 3. The maximum absolute atomic E-state index is 12.9. The van der Waals surface area contributed by atoms with Crippen LogP contribution in [0.5, 0.6) is 0 Å². The van der Waals surface area contributed by atoms with Gasteiger partial charge in [-0.3, -0.25) is 0 Å². The van der Waals surface area contributed by atoms with Gasteiger partial charge in [0.05, 0.1) is 11.1 Å². The third-order valence-electron chi connectivity index (χ3n) is 3.27. The van der Waals surface area contributed by atoms with Crippen LogP contribution in [0.1, 0.15) is 15.9 Å². The molecule has 3 aromatic rings. The van der Waals surface area contributed by atoms with E-state index in [9.17, 15) is 23.1 Å². The lowest BCUT2D eigenvalue weighted by Crippen LogP contribution is -2.06. The number of benzene rings is 1. The first-order valence-corrected chi connectivity index (χ1v) is 6.24. The number of fused-ring (bicyclic) bond motifs is 1. The summed E-state index contributed by atoms with van der Waals surface area (Å²) in [5.41, 5.74) is -0.331. The van der Waals surface area contributed by atoms with Gasteiger partial charge in [-0.05, 0) is 23.8 Å². The molecule has 2 aromatic heterocycles. The highest BCUT2D eigenvalue weighted by Crippen LogP contribution is 2.34. The lowest BCUT2D eigenvalue weighted by atomic mass is 9.99. The third kappa shape index (κ3) is 2.30. The van der Waals surface area contributed by atoms with Crippen LogP contribution in [0.25, 0.3) is 16.8 Å². The van der Waals surface area contributed by atoms with Gasteiger partial charge in [-0.15, -0.1) is 0 Å². The second kappa shape index (κ2) is 4.87. The molecule has 0 saturated heterocycles. The molecule has 0 saturated carbocycles. The number of hydrogen-bond donors (Lipinski definition) is 1. The van der Waals surface area contributed by atoms with Crippen LogP contribution >= 0.6 is 0 Å². The normalized spacial score (nSPS) is 11.8. The first-order valence-electron chi connectivity index (χ1n) is 6.24. The quantitative estimate of drug-likeness (QED) is 0.785. The first-order chi connectivity index (χ1) is 10.4. The molecule has 0 radical (unpaired) electrons. The zero-order valence-corrected chi connectivity index (χ0v) is 11.0. The summed E-state index contributed by atoms with van der Waals surface area (Å²) >= 11 is 0. The van der Waals surface area contributed by atoms with E-state index in [1.165, 1.54) is 30.6 Å². The Labute approximate surface area is 122 Å².